The van der Waals surface area contributed by atoms with Crippen molar-refractivity contribution in [3.05, 3.63) is 77.4 Å². The molecule has 2 aliphatic rings. The summed E-state index contributed by atoms with van der Waals surface area (Å²) in [7, 11) is 1.93. The van der Waals surface area contributed by atoms with Gasteiger partial charge >= 0.3 is 5.97 Å². The second kappa shape index (κ2) is 8.30. The van der Waals surface area contributed by atoms with Crippen LogP contribution in [0.15, 0.2) is 54.9 Å². The Morgan fingerprint density at radius 2 is 2.06 bits per heavy atom. The summed E-state index contributed by atoms with van der Waals surface area (Å²) in [6.07, 6.45) is 2.56. The number of aryl methyl sites for hydroxylation is 1. The summed E-state index contributed by atoms with van der Waals surface area (Å²) >= 11 is 0. The van der Waals surface area contributed by atoms with Gasteiger partial charge in [-0.3, -0.25) is 4.79 Å². The zero-order chi connectivity index (χ0) is 24.1. The van der Waals surface area contributed by atoms with Crippen molar-refractivity contribution in [1.82, 2.24) is 9.55 Å². The summed E-state index contributed by atoms with van der Waals surface area (Å²) in [6.45, 7) is 0.330. The van der Waals surface area contributed by atoms with Gasteiger partial charge in [0.1, 0.15) is 34.9 Å². The van der Waals surface area contributed by atoms with Crippen molar-refractivity contribution in [2.75, 3.05) is 6.61 Å². The Morgan fingerprint density at radius 3 is 2.91 bits per heavy atom. The minimum atomic E-state index is -0.859. The molecule has 1 aromatic heterocycles. The Bertz CT molecular complexity index is 1460. The van der Waals surface area contributed by atoms with E-state index in [4.69, 9.17) is 19.3 Å². The minimum absolute atomic E-state index is 0.0183. The first-order valence-electron chi connectivity index (χ1n) is 11.5. The molecular weight excluding hydrogens is 451 g/mol. The van der Waals surface area contributed by atoms with E-state index in [0.29, 0.717) is 48.0 Å². The smallest absolute Gasteiger partial charge is 0.304 e. The first-order chi connectivity index (χ1) is 17.0. The first kappa shape index (κ1) is 21.5. The van der Waals surface area contributed by atoms with E-state index in [1.807, 2.05) is 35.9 Å². The molecule has 1 aliphatic carbocycles. The monoisotopic (exact) mass is 474 g/mol. The lowest BCUT2D eigenvalue weighted by Gasteiger charge is -2.17. The van der Waals surface area contributed by atoms with Crippen LogP contribution in [0.5, 0.6) is 23.0 Å². The summed E-state index contributed by atoms with van der Waals surface area (Å²) < 4.78 is 34.9. The van der Waals surface area contributed by atoms with Crippen molar-refractivity contribution in [3.63, 3.8) is 0 Å². The van der Waals surface area contributed by atoms with Crippen LogP contribution in [0.1, 0.15) is 41.6 Å². The molecule has 2 heterocycles. The molecule has 2 atom stereocenters. The molecule has 0 saturated heterocycles. The van der Waals surface area contributed by atoms with Gasteiger partial charge in [0, 0.05) is 41.8 Å². The molecule has 0 saturated carbocycles. The highest BCUT2D eigenvalue weighted by molar-refractivity contribution is 5.77. The number of hydrogen-bond donors (Lipinski definition) is 1. The van der Waals surface area contributed by atoms with Gasteiger partial charge in [0.2, 0.25) is 0 Å². The van der Waals surface area contributed by atoms with Gasteiger partial charge in [-0.1, -0.05) is 6.07 Å². The fourth-order valence-corrected chi connectivity index (χ4v) is 5.04. The molecule has 1 aliphatic heterocycles. The number of carbonyl (C=O) groups is 1. The van der Waals surface area contributed by atoms with E-state index in [0.717, 1.165) is 22.2 Å². The number of imidazole rings is 1. The van der Waals surface area contributed by atoms with Crippen LogP contribution in [0.25, 0.3) is 11.0 Å². The third-order valence-electron chi connectivity index (χ3n) is 6.73. The zero-order valence-electron chi connectivity index (χ0n) is 19.0. The van der Waals surface area contributed by atoms with Crippen LogP contribution >= 0.6 is 0 Å². The van der Waals surface area contributed by atoms with Gasteiger partial charge in [0.15, 0.2) is 0 Å². The Balaban J connectivity index is 1.24. The molecule has 35 heavy (non-hydrogen) atoms. The van der Waals surface area contributed by atoms with Crippen molar-refractivity contribution in [2.24, 2.45) is 7.05 Å². The minimum Gasteiger partial charge on any atom is -0.492 e. The second-order valence-electron chi connectivity index (χ2n) is 9.00. The van der Waals surface area contributed by atoms with Crippen LogP contribution in [0.2, 0.25) is 0 Å². The van der Waals surface area contributed by atoms with E-state index < -0.39 is 12.1 Å². The summed E-state index contributed by atoms with van der Waals surface area (Å²) in [5, 5.41) is 9.10. The predicted octanol–water partition coefficient (Wildman–Crippen LogP) is 5.52. The number of aromatic nitrogens is 2. The molecule has 1 unspecified atom stereocenters. The molecule has 1 N–H and O–H groups in total. The number of carboxylic acid groups (broad SMARTS) is 1. The lowest BCUT2D eigenvalue weighted by Crippen LogP contribution is -2.07. The normalized spacial score (nSPS) is 18.2. The summed E-state index contributed by atoms with van der Waals surface area (Å²) in [6, 6.07) is 14.2. The van der Waals surface area contributed by atoms with Crippen molar-refractivity contribution >= 4 is 17.0 Å². The Labute approximate surface area is 200 Å². The van der Waals surface area contributed by atoms with Crippen LogP contribution in [0.3, 0.4) is 0 Å². The first-order valence-corrected chi connectivity index (χ1v) is 11.5. The summed E-state index contributed by atoms with van der Waals surface area (Å²) in [4.78, 5) is 15.5. The number of nitrogens with zero attached hydrogens (tertiary/aromatic N) is 2. The highest BCUT2D eigenvalue weighted by Crippen LogP contribution is 2.44. The summed E-state index contributed by atoms with van der Waals surface area (Å²) in [5.74, 6) is 1.07. The van der Waals surface area contributed by atoms with Crippen LogP contribution in [0.4, 0.5) is 4.39 Å². The third-order valence-corrected chi connectivity index (χ3v) is 6.73. The van der Waals surface area contributed by atoms with E-state index in [9.17, 15) is 9.18 Å². The molecule has 6 rings (SSSR count). The standard InChI is InChI=1S/C27H23FN2O5/c1-30-14-29-21-11-16(3-7-22(21)30)34-23-9-6-20(28)27-19(23)5-8-24(27)35-17-2-4-18-15(10-26(31)32)13-33-25(18)12-17/h2-4,6-7,9,11-12,14-15,24H,5,8,10,13H2,1H3,(H,31,32)/t15?,24-/m1/s1. The molecule has 8 heteroatoms. The van der Waals surface area contributed by atoms with Crippen molar-refractivity contribution < 1.29 is 28.5 Å². The highest BCUT2D eigenvalue weighted by atomic mass is 19.1. The molecule has 4 aromatic rings. The number of halogens is 1. The predicted molar refractivity (Wildman–Crippen MR) is 126 cm³/mol. The number of ether oxygens (including phenoxy) is 3. The number of carboxylic acids is 1. The highest BCUT2D eigenvalue weighted by Gasteiger charge is 2.32. The van der Waals surface area contributed by atoms with Gasteiger partial charge < -0.3 is 23.9 Å². The Kier molecular flexibility index (Phi) is 5.09. The Hall–Kier alpha value is -4.07. The topological polar surface area (TPSA) is 82.8 Å². The SMILES string of the molecule is Cn1cnc2cc(Oc3ccc(F)c4c3CC[C@H]4Oc3ccc4c(c3)OCC4CC(=O)O)ccc21. The van der Waals surface area contributed by atoms with Crippen molar-refractivity contribution in [3.8, 4) is 23.0 Å². The number of hydrogen-bond acceptors (Lipinski definition) is 5. The average Bonchev–Trinajstić information content (AvgIpc) is 3.54. The van der Waals surface area contributed by atoms with Gasteiger partial charge in [-0.25, -0.2) is 9.37 Å². The number of rotatable bonds is 6. The molecule has 178 valence electrons. The van der Waals surface area contributed by atoms with E-state index in [-0.39, 0.29) is 18.2 Å². The number of benzene rings is 3. The Morgan fingerprint density at radius 1 is 1.20 bits per heavy atom. The second-order valence-corrected chi connectivity index (χ2v) is 9.00. The maximum Gasteiger partial charge on any atom is 0.304 e. The van der Waals surface area contributed by atoms with E-state index in [2.05, 4.69) is 4.98 Å². The van der Waals surface area contributed by atoms with Crippen molar-refractivity contribution in [1.29, 1.82) is 0 Å². The molecule has 0 bridgehead atoms. The van der Waals surface area contributed by atoms with Crippen LogP contribution in [-0.4, -0.2) is 27.2 Å². The third kappa shape index (κ3) is 3.84. The summed E-state index contributed by atoms with van der Waals surface area (Å²) in [5.41, 5.74) is 4.00. The largest absolute Gasteiger partial charge is 0.492 e. The molecule has 3 aromatic carbocycles. The molecule has 0 radical (unpaired) electrons. The lowest BCUT2D eigenvalue weighted by molar-refractivity contribution is -0.137. The van der Waals surface area contributed by atoms with Crippen LogP contribution in [-0.2, 0) is 18.3 Å². The van der Waals surface area contributed by atoms with Gasteiger partial charge in [0.05, 0.1) is 30.4 Å². The molecule has 0 spiro atoms. The van der Waals surface area contributed by atoms with Crippen LogP contribution < -0.4 is 14.2 Å². The van der Waals surface area contributed by atoms with Gasteiger partial charge in [-0.15, -0.1) is 0 Å². The fraction of sp³-hybridized carbons (Fsp3) is 0.259. The lowest BCUT2D eigenvalue weighted by atomic mass is 9.98. The zero-order valence-corrected chi connectivity index (χ0v) is 19.0. The quantitative estimate of drug-likeness (QED) is 0.396. The van der Waals surface area contributed by atoms with Gasteiger partial charge in [-0.2, -0.15) is 0 Å². The van der Waals surface area contributed by atoms with E-state index >= 15 is 0 Å². The maximum atomic E-state index is 14.9. The van der Waals surface area contributed by atoms with Gasteiger partial charge in [0.25, 0.3) is 0 Å². The fourth-order valence-electron chi connectivity index (χ4n) is 5.04. The van der Waals surface area contributed by atoms with E-state index in [1.54, 1.807) is 24.5 Å². The number of aliphatic carboxylic acids is 1. The average molecular weight is 474 g/mol. The molecule has 0 fully saturated rings. The molecule has 0 amide bonds. The van der Waals surface area contributed by atoms with E-state index in [1.165, 1.54) is 6.07 Å². The van der Waals surface area contributed by atoms with Gasteiger partial charge in [-0.05, 0) is 43.2 Å². The molecular formula is C27H23FN2O5. The van der Waals surface area contributed by atoms with Crippen molar-refractivity contribution in [2.45, 2.75) is 31.3 Å². The van der Waals surface area contributed by atoms with Crippen LogP contribution in [0, 0.1) is 5.82 Å². The number of fused-ring (bicyclic) bond motifs is 3. The molecule has 7 nitrogen and oxygen atoms in total. The maximum absolute atomic E-state index is 14.9.